The van der Waals surface area contributed by atoms with Crippen LogP contribution >= 0.6 is 0 Å². The fraction of sp³-hybridized carbons (Fsp3) is 0.400. The van der Waals surface area contributed by atoms with Crippen LogP contribution in [0.5, 0.6) is 5.75 Å². The molecule has 4 heteroatoms. The van der Waals surface area contributed by atoms with Crippen LogP contribution in [0.15, 0.2) is 24.3 Å². The van der Waals surface area contributed by atoms with E-state index in [1.807, 2.05) is 0 Å². The molecular weight excluding hydrogens is 184 g/mol. The lowest BCUT2D eigenvalue weighted by Gasteiger charge is -2.15. The Balaban J connectivity index is 2.75. The molecule has 0 radical (unpaired) electrons. The molecule has 2 unspecified atom stereocenters. The van der Waals surface area contributed by atoms with Crippen LogP contribution in [-0.2, 0) is 0 Å². The van der Waals surface area contributed by atoms with Gasteiger partial charge in [-0.15, -0.1) is 0 Å². The smallest absolute Gasteiger partial charge is 0.118 e. The number of aliphatic hydroxyl groups excluding tert-OH is 3. The molecule has 0 amide bonds. The molecule has 0 fully saturated rings. The van der Waals surface area contributed by atoms with Crippen molar-refractivity contribution in [1.29, 1.82) is 0 Å². The first-order valence-corrected chi connectivity index (χ1v) is 4.30. The second kappa shape index (κ2) is 4.95. The Morgan fingerprint density at radius 1 is 1.21 bits per heavy atom. The lowest BCUT2D eigenvalue weighted by atomic mass is 10.1. The fourth-order valence-corrected chi connectivity index (χ4v) is 1.12. The molecule has 1 rings (SSSR count). The second-order valence-electron chi connectivity index (χ2n) is 2.97. The van der Waals surface area contributed by atoms with Crippen LogP contribution in [-0.4, -0.2) is 35.1 Å². The van der Waals surface area contributed by atoms with E-state index in [1.165, 1.54) is 0 Å². The van der Waals surface area contributed by atoms with E-state index in [0.29, 0.717) is 11.3 Å². The minimum absolute atomic E-state index is 0.465. The minimum Gasteiger partial charge on any atom is -0.497 e. The lowest BCUT2D eigenvalue weighted by Crippen LogP contribution is -2.21. The van der Waals surface area contributed by atoms with Crippen LogP contribution in [0.1, 0.15) is 11.7 Å². The van der Waals surface area contributed by atoms with E-state index < -0.39 is 18.8 Å². The Bertz CT molecular complexity index is 270. The summed E-state index contributed by atoms with van der Waals surface area (Å²) in [5.74, 6) is 0.680. The van der Waals surface area contributed by atoms with Crippen LogP contribution in [0.4, 0.5) is 0 Å². The highest BCUT2D eigenvalue weighted by molar-refractivity contribution is 5.28. The number of methoxy groups -OCH3 is 1. The second-order valence-corrected chi connectivity index (χ2v) is 2.97. The van der Waals surface area contributed by atoms with E-state index in [9.17, 15) is 10.2 Å². The van der Waals surface area contributed by atoms with Gasteiger partial charge in [0.15, 0.2) is 0 Å². The van der Waals surface area contributed by atoms with Gasteiger partial charge in [0.2, 0.25) is 0 Å². The summed E-state index contributed by atoms with van der Waals surface area (Å²) < 4.78 is 4.94. The summed E-state index contributed by atoms with van der Waals surface area (Å²) in [5, 5.41) is 27.3. The molecule has 0 bridgehead atoms. The Morgan fingerprint density at radius 3 is 2.21 bits per heavy atom. The van der Waals surface area contributed by atoms with E-state index in [2.05, 4.69) is 0 Å². The largest absolute Gasteiger partial charge is 0.497 e. The van der Waals surface area contributed by atoms with Crippen molar-refractivity contribution in [3.8, 4) is 5.75 Å². The number of aliphatic hydroxyl groups is 3. The topological polar surface area (TPSA) is 69.9 Å². The number of ether oxygens (including phenoxy) is 1. The molecule has 4 nitrogen and oxygen atoms in total. The SMILES string of the molecule is COc1ccc(C(O)C(O)CO)cc1. The standard InChI is InChI=1S/C10H14O4/c1-14-8-4-2-7(3-5-8)10(13)9(12)6-11/h2-5,9-13H,6H2,1H3. The molecule has 0 aromatic heterocycles. The van der Waals surface area contributed by atoms with Gasteiger partial charge in [0, 0.05) is 0 Å². The number of benzene rings is 1. The summed E-state index contributed by atoms with van der Waals surface area (Å²) in [7, 11) is 1.55. The molecule has 14 heavy (non-hydrogen) atoms. The van der Waals surface area contributed by atoms with Crippen molar-refractivity contribution in [3.63, 3.8) is 0 Å². The summed E-state index contributed by atoms with van der Waals surface area (Å²) in [6, 6.07) is 6.65. The zero-order chi connectivity index (χ0) is 10.6. The molecule has 0 aliphatic carbocycles. The van der Waals surface area contributed by atoms with Gasteiger partial charge in [-0.2, -0.15) is 0 Å². The average molecular weight is 198 g/mol. The maximum Gasteiger partial charge on any atom is 0.118 e. The molecule has 78 valence electrons. The molecule has 0 saturated carbocycles. The predicted octanol–water partition coefficient (Wildman–Crippen LogP) is 0.0818. The van der Waals surface area contributed by atoms with Crippen molar-refractivity contribution in [2.24, 2.45) is 0 Å². The van der Waals surface area contributed by atoms with Gasteiger partial charge in [-0.25, -0.2) is 0 Å². The van der Waals surface area contributed by atoms with E-state index in [-0.39, 0.29) is 0 Å². The summed E-state index contributed by atoms with van der Waals surface area (Å²) >= 11 is 0. The van der Waals surface area contributed by atoms with Gasteiger partial charge in [-0.05, 0) is 17.7 Å². The van der Waals surface area contributed by atoms with Crippen LogP contribution in [0.25, 0.3) is 0 Å². The van der Waals surface area contributed by atoms with Gasteiger partial charge in [0.25, 0.3) is 0 Å². The fourth-order valence-electron chi connectivity index (χ4n) is 1.12. The van der Waals surface area contributed by atoms with E-state index in [4.69, 9.17) is 9.84 Å². The van der Waals surface area contributed by atoms with E-state index in [0.717, 1.165) is 0 Å². The zero-order valence-corrected chi connectivity index (χ0v) is 7.92. The highest BCUT2D eigenvalue weighted by Crippen LogP contribution is 2.19. The van der Waals surface area contributed by atoms with Crippen LogP contribution in [0, 0.1) is 0 Å². The first-order chi connectivity index (χ1) is 6.69. The number of hydrogen-bond donors (Lipinski definition) is 3. The third-order valence-electron chi connectivity index (χ3n) is 2.01. The Labute approximate surface area is 82.4 Å². The van der Waals surface area contributed by atoms with Gasteiger partial charge in [-0.1, -0.05) is 12.1 Å². The summed E-state index contributed by atoms with van der Waals surface area (Å²) in [5.41, 5.74) is 0.548. The molecule has 3 N–H and O–H groups in total. The summed E-state index contributed by atoms with van der Waals surface area (Å²) in [6.45, 7) is -0.465. The van der Waals surface area contributed by atoms with E-state index in [1.54, 1.807) is 31.4 Å². The van der Waals surface area contributed by atoms with E-state index >= 15 is 0 Å². The third kappa shape index (κ3) is 2.45. The van der Waals surface area contributed by atoms with Gasteiger partial charge >= 0.3 is 0 Å². The average Bonchev–Trinajstić information content (AvgIpc) is 2.27. The van der Waals surface area contributed by atoms with Crippen LogP contribution in [0.2, 0.25) is 0 Å². The lowest BCUT2D eigenvalue weighted by molar-refractivity contribution is -0.0152. The molecule has 0 aliphatic rings. The van der Waals surface area contributed by atoms with Gasteiger partial charge in [-0.3, -0.25) is 0 Å². The Hall–Kier alpha value is -1.10. The maximum atomic E-state index is 9.50. The predicted molar refractivity (Wildman–Crippen MR) is 51.0 cm³/mol. The summed E-state index contributed by atoms with van der Waals surface area (Å²) in [4.78, 5) is 0. The number of rotatable bonds is 4. The molecule has 0 heterocycles. The molecule has 2 atom stereocenters. The first-order valence-electron chi connectivity index (χ1n) is 4.30. The normalized spacial score (nSPS) is 14.9. The van der Waals surface area contributed by atoms with Crippen LogP contribution < -0.4 is 4.74 Å². The van der Waals surface area contributed by atoms with Gasteiger partial charge < -0.3 is 20.1 Å². The molecule has 0 aliphatic heterocycles. The Kier molecular flexibility index (Phi) is 3.88. The van der Waals surface area contributed by atoms with Crippen molar-refractivity contribution in [2.45, 2.75) is 12.2 Å². The van der Waals surface area contributed by atoms with Crippen molar-refractivity contribution >= 4 is 0 Å². The van der Waals surface area contributed by atoms with Gasteiger partial charge in [0.05, 0.1) is 13.7 Å². The highest BCUT2D eigenvalue weighted by Gasteiger charge is 2.16. The number of hydrogen-bond acceptors (Lipinski definition) is 4. The monoisotopic (exact) mass is 198 g/mol. The van der Waals surface area contributed by atoms with Crippen molar-refractivity contribution < 1.29 is 20.1 Å². The highest BCUT2D eigenvalue weighted by atomic mass is 16.5. The summed E-state index contributed by atoms with van der Waals surface area (Å²) in [6.07, 6.45) is -2.21. The molecular formula is C10H14O4. The molecule has 0 spiro atoms. The zero-order valence-electron chi connectivity index (χ0n) is 7.92. The quantitative estimate of drug-likeness (QED) is 0.641. The molecule has 1 aromatic carbocycles. The van der Waals surface area contributed by atoms with Gasteiger partial charge in [0.1, 0.15) is 18.0 Å². The minimum atomic E-state index is -1.15. The maximum absolute atomic E-state index is 9.50. The van der Waals surface area contributed by atoms with Crippen molar-refractivity contribution in [2.75, 3.05) is 13.7 Å². The Morgan fingerprint density at radius 2 is 1.79 bits per heavy atom. The van der Waals surface area contributed by atoms with Crippen LogP contribution in [0.3, 0.4) is 0 Å². The first kappa shape index (κ1) is 11.0. The molecule has 1 aromatic rings. The van der Waals surface area contributed by atoms with Crippen molar-refractivity contribution in [1.82, 2.24) is 0 Å². The third-order valence-corrected chi connectivity index (χ3v) is 2.01. The van der Waals surface area contributed by atoms with Crippen molar-refractivity contribution in [3.05, 3.63) is 29.8 Å². The molecule has 0 saturated heterocycles.